The van der Waals surface area contributed by atoms with Gasteiger partial charge in [-0.2, -0.15) is 0 Å². The first-order valence-corrected chi connectivity index (χ1v) is 6.22. The van der Waals surface area contributed by atoms with Crippen LogP contribution < -0.4 is 15.2 Å². The monoisotopic (exact) mass is 265 g/mol. The molecule has 5 nitrogen and oxygen atoms in total. The van der Waals surface area contributed by atoms with E-state index in [4.69, 9.17) is 15.2 Å². The Bertz CT molecular complexity index is 817. The predicted octanol–water partition coefficient (Wildman–Crippen LogP) is 2.61. The zero-order valence-electron chi connectivity index (χ0n) is 10.5. The van der Waals surface area contributed by atoms with Crippen LogP contribution in [-0.2, 0) is 0 Å². The van der Waals surface area contributed by atoms with Crippen LogP contribution in [0.1, 0.15) is 0 Å². The highest BCUT2D eigenvalue weighted by Gasteiger charge is 2.15. The number of nitrogens with two attached hydrogens (primary N) is 1. The molecule has 0 unspecified atom stereocenters. The summed E-state index contributed by atoms with van der Waals surface area (Å²) in [6.07, 6.45) is 1.70. The maximum absolute atomic E-state index is 6.04. The molecule has 3 aromatic rings. The summed E-state index contributed by atoms with van der Waals surface area (Å²) in [5.74, 6) is 1.94. The summed E-state index contributed by atoms with van der Waals surface area (Å²) in [6.45, 7) is 0.258. The number of anilines is 1. The molecule has 98 valence electrons. The van der Waals surface area contributed by atoms with Gasteiger partial charge < -0.3 is 15.2 Å². The van der Waals surface area contributed by atoms with Crippen LogP contribution in [0.5, 0.6) is 11.5 Å². The quantitative estimate of drug-likeness (QED) is 0.732. The number of rotatable bonds is 1. The molecule has 0 spiro atoms. The van der Waals surface area contributed by atoms with Gasteiger partial charge >= 0.3 is 0 Å². The van der Waals surface area contributed by atoms with E-state index in [1.54, 1.807) is 6.20 Å². The van der Waals surface area contributed by atoms with E-state index < -0.39 is 0 Å². The molecular formula is C15H11N3O2. The summed E-state index contributed by atoms with van der Waals surface area (Å²) < 4.78 is 10.7. The van der Waals surface area contributed by atoms with Crippen molar-refractivity contribution in [3.63, 3.8) is 0 Å². The summed E-state index contributed by atoms with van der Waals surface area (Å²) in [6, 6.07) is 11.6. The summed E-state index contributed by atoms with van der Waals surface area (Å²) in [7, 11) is 0. The largest absolute Gasteiger partial charge is 0.454 e. The Kier molecular flexibility index (Phi) is 2.26. The van der Waals surface area contributed by atoms with E-state index in [2.05, 4.69) is 9.97 Å². The molecule has 20 heavy (non-hydrogen) atoms. The van der Waals surface area contributed by atoms with Crippen molar-refractivity contribution < 1.29 is 9.47 Å². The van der Waals surface area contributed by atoms with Gasteiger partial charge in [0.1, 0.15) is 5.82 Å². The topological polar surface area (TPSA) is 70.3 Å². The van der Waals surface area contributed by atoms with Crippen molar-refractivity contribution in [1.82, 2.24) is 9.97 Å². The second-order valence-electron chi connectivity index (χ2n) is 4.54. The third-order valence-corrected chi connectivity index (χ3v) is 3.30. The molecule has 0 saturated carbocycles. The van der Waals surface area contributed by atoms with Gasteiger partial charge in [0.05, 0.1) is 0 Å². The van der Waals surface area contributed by atoms with Crippen LogP contribution in [0.15, 0.2) is 42.6 Å². The SMILES string of the molecule is Nc1nc2ncccc2cc1-c1ccc2c(c1)OCO2. The lowest BCUT2D eigenvalue weighted by atomic mass is 10.0. The van der Waals surface area contributed by atoms with Crippen molar-refractivity contribution >= 4 is 16.9 Å². The lowest BCUT2D eigenvalue weighted by Crippen LogP contribution is -1.96. The van der Waals surface area contributed by atoms with Gasteiger partial charge in [0.15, 0.2) is 17.1 Å². The second-order valence-corrected chi connectivity index (χ2v) is 4.54. The zero-order chi connectivity index (χ0) is 13.5. The van der Waals surface area contributed by atoms with Crippen molar-refractivity contribution in [3.8, 4) is 22.6 Å². The molecule has 1 aromatic carbocycles. The van der Waals surface area contributed by atoms with E-state index in [-0.39, 0.29) is 6.79 Å². The highest BCUT2D eigenvalue weighted by molar-refractivity contribution is 5.87. The highest BCUT2D eigenvalue weighted by Crippen LogP contribution is 2.37. The number of nitrogens with zero attached hydrogens (tertiary/aromatic N) is 2. The van der Waals surface area contributed by atoms with Crippen molar-refractivity contribution in [2.24, 2.45) is 0 Å². The molecule has 5 heteroatoms. The molecule has 0 fully saturated rings. The number of hydrogen-bond acceptors (Lipinski definition) is 5. The number of fused-ring (bicyclic) bond motifs is 2. The first-order chi connectivity index (χ1) is 9.81. The number of hydrogen-bond donors (Lipinski definition) is 1. The molecular weight excluding hydrogens is 254 g/mol. The fourth-order valence-electron chi connectivity index (χ4n) is 2.31. The van der Waals surface area contributed by atoms with Crippen molar-refractivity contribution in [2.45, 2.75) is 0 Å². The highest BCUT2D eigenvalue weighted by atomic mass is 16.7. The normalized spacial score (nSPS) is 12.8. The maximum Gasteiger partial charge on any atom is 0.231 e. The molecule has 2 N–H and O–H groups in total. The van der Waals surface area contributed by atoms with Gasteiger partial charge in [-0.05, 0) is 35.9 Å². The van der Waals surface area contributed by atoms with E-state index in [0.717, 1.165) is 28.0 Å². The van der Waals surface area contributed by atoms with Crippen LogP contribution in [0, 0.1) is 0 Å². The van der Waals surface area contributed by atoms with E-state index in [0.29, 0.717) is 11.5 Å². The molecule has 3 heterocycles. The lowest BCUT2D eigenvalue weighted by molar-refractivity contribution is 0.174. The number of benzene rings is 1. The third-order valence-electron chi connectivity index (χ3n) is 3.30. The molecule has 2 aromatic heterocycles. The molecule has 0 saturated heterocycles. The minimum absolute atomic E-state index is 0.258. The predicted molar refractivity (Wildman–Crippen MR) is 75.5 cm³/mol. The number of ether oxygens (including phenoxy) is 2. The van der Waals surface area contributed by atoms with Gasteiger partial charge in [0.25, 0.3) is 0 Å². The van der Waals surface area contributed by atoms with Crippen molar-refractivity contribution in [3.05, 3.63) is 42.6 Å². The van der Waals surface area contributed by atoms with Gasteiger partial charge in [-0.1, -0.05) is 6.07 Å². The van der Waals surface area contributed by atoms with Crippen LogP contribution >= 0.6 is 0 Å². The van der Waals surface area contributed by atoms with Gasteiger partial charge in [-0.3, -0.25) is 0 Å². The molecule has 4 rings (SSSR count). The molecule has 1 aliphatic rings. The Labute approximate surface area is 115 Å². The molecule has 0 aliphatic carbocycles. The number of nitrogen functional groups attached to an aromatic ring is 1. The van der Waals surface area contributed by atoms with E-state index in [1.165, 1.54) is 0 Å². The Morgan fingerprint density at radius 3 is 2.90 bits per heavy atom. The van der Waals surface area contributed by atoms with Crippen molar-refractivity contribution in [1.29, 1.82) is 0 Å². The summed E-state index contributed by atoms with van der Waals surface area (Å²) in [5, 5.41) is 0.953. The second kappa shape index (κ2) is 4.09. The molecule has 1 aliphatic heterocycles. The fraction of sp³-hybridized carbons (Fsp3) is 0.0667. The third kappa shape index (κ3) is 1.64. The van der Waals surface area contributed by atoms with Gasteiger partial charge in [-0.15, -0.1) is 0 Å². The Morgan fingerprint density at radius 2 is 1.95 bits per heavy atom. The first kappa shape index (κ1) is 11.0. The average Bonchev–Trinajstić information content (AvgIpc) is 2.94. The summed E-state index contributed by atoms with van der Waals surface area (Å²) in [4.78, 5) is 8.54. The zero-order valence-corrected chi connectivity index (χ0v) is 10.5. The average molecular weight is 265 g/mol. The van der Waals surface area contributed by atoms with Crippen molar-refractivity contribution in [2.75, 3.05) is 12.5 Å². The van der Waals surface area contributed by atoms with Crippen LogP contribution in [0.2, 0.25) is 0 Å². The minimum atomic E-state index is 0.258. The Balaban J connectivity index is 1.91. The Hall–Kier alpha value is -2.82. The van der Waals surface area contributed by atoms with E-state index in [9.17, 15) is 0 Å². The van der Waals surface area contributed by atoms with Crippen LogP contribution in [0.3, 0.4) is 0 Å². The lowest BCUT2D eigenvalue weighted by Gasteiger charge is -2.07. The van der Waals surface area contributed by atoms with E-state index in [1.807, 2.05) is 36.4 Å². The maximum atomic E-state index is 6.04. The molecule has 0 atom stereocenters. The summed E-state index contributed by atoms with van der Waals surface area (Å²) in [5.41, 5.74) is 8.50. The van der Waals surface area contributed by atoms with Gasteiger partial charge in [0, 0.05) is 17.1 Å². The smallest absolute Gasteiger partial charge is 0.231 e. The fourth-order valence-corrected chi connectivity index (χ4v) is 2.31. The van der Waals surface area contributed by atoms with Gasteiger partial charge in [-0.25, -0.2) is 9.97 Å². The van der Waals surface area contributed by atoms with Crippen LogP contribution in [0.25, 0.3) is 22.2 Å². The number of pyridine rings is 2. The summed E-state index contributed by atoms with van der Waals surface area (Å²) >= 11 is 0. The number of aromatic nitrogens is 2. The molecule has 0 radical (unpaired) electrons. The first-order valence-electron chi connectivity index (χ1n) is 6.22. The van der Waals surface area contributed by atoms with Crippen LogP contribution in [-0.4, -0.2) is 16.8 Å². The van der Waals surface area contributed by atoms with E-state index >= 15 is 0 Å². The molecule has 0 amide bonds. The van der Waals surface area contributed by atoms with Crippen LogP contribution in [0.4, 0.5) is 5.82 Å². The van der Waals surface area contributed by atoms with Gasteiger partial charge in [0.2, 0.25) is 6.79 Å². The standard InChI is InChI=1S/C15H11N3O2/c16-14-11(6-10-2-1-5-17-15(10)18-14)9-3-4-12-13(7-9)20-8-19-12/h1-7H,8H2,(H2,16,17,18). The Morgan fingerprint density at radius 1 is 1.05 bits per heavy atom. The minimum Gasteiger partial charge on any atom is -0.454 e. The molecule has 0 bridgehead atoms.